The first kappa shape index (κ1) is 30.4. The van der Waals surface area contributed by atoms with E-state index in [0.29, 0.717) is 5.69 Å². The zero-order valence-corrected chi connectivity index (χ0v) is 22.8. The number of carbonyl (C=O) groups is 4. The molecule has 0 aliphatic carbocycles. The van der Waals surface area contributed by atoms with E-state index in [1.807, 2.05) is 0 Å². The van der Waals surface area contributed by atoms with Gasteiger partial charge in [-0.2, -0.15) is 5.26 Å². The Kier molecular flexibility index (Phi) is 9.30. The van der Waals surface area contributed by atoms with Crippen LogP contribution < -0.4 is 20.3 Å². The summed E-state index contributed by atoms with van der Waals surface area (Å²) < 4.78 is 14.9. The van der Waals surface area contributed by atoms with Crippen LogP contribution in [0.5, 0.6) is 11.5 Å². The van der Waals surface area contributed by atoms with Gasteiger partial charge in [0.15, 0.2) is 0 Å². The number of anilines is 3. The van der Waals surface area contributed by atoms with Gasteiger partial charge in [-0.1, -0.05) is 0 Å². The van der Waals surface area contributed by atoms with E-state index >= 15 is 0 Å². The van der Waals surface area contributed by atoms with E-state index in [-0.39, 0.29) is 44.9 Å². The molecular weight excluding hydrogens is 550 g/mol. The smallest absolute Gasteiger partial charge is 0.413 e. The van der Waals surface area contributed by atoms with Crippen molar-refractivity contribution in [2.24, 2.45) is 0 Å². The largest absolute Gasteiger partial charge is 0.507 e. The fraction of sp³-hybridized carbons (Fsp3) is 0.143. The number of nitrogens with zero attached hydrogens (tertiary/aromatic N) is 2. The van der Waals surface area contributed by atoms with Crippen LogP contribution in [0.25, 0.3) is 11.1 Å². The van der Waals surface area contributed by atoms with Crippen LogP contribution in [0.1, 0.15) is 21.5 Å². The Labute approximate surface area is 239 Å². The monoisotopic (exact) mass is 575 g/mol. The number of carboxylic acids is 1. The van der Waals surface area contributed by atoms with E-state index in [1.54, 1.807) is 12.1 Å². The standard InChI is InChI=1S/C28H25N5O9/c1-33(28(39)42-4)15-6-8-23(40-2)17(10-15)16-11-19(22(34)12-21(16)32-27(38)41-3)24(30)25(35)31-20-7-5-14(13-29)9-18(20)26(36)37/h5-12,30,34H,1-4H3,(H,31,35)(H,32,38)(H,36,37). The third-order valence-corrected chi connectivity index (χ3v) is 5.99. The van der Waals surface area contributed by atoms with Gasteiger partial charge in [-0.05, 0) is 42.5 Å². The van der Waals surface area contributed by atoms with Gasteiger partial charge in [0.25, 0.3) is 5.91 Å². The van der Waals surface area contributed by atoms with Crippen molar-refractivity contribution in [1.29, 1.82) is 10.7 Å². The van der Waals surface area contributed by atoms with Gasteiger partial charge >= 0.3 is 18.2 Å². The Morgan fingerprint density at radius 3 is 2.21 bits per heavy atom. The van der Waals surface area contributed by atoms with Crippen LogP contribution in [-0.2, 0) is 14.3 Å². The highest BCUT2D eigenvalue weighted by molar-refractivity contribution is 6.48. The second kappa shape index (κ2) is 12.8. The Balaban J connectivity index is 2.15. The average molecular weight is 576 g/mol. The minimum atomic E-state index is -1.42. The molecule has 3 aromatic rings. The van der Waals surface area contributed by atoms with Crippen molar-refractivity contribution >= 4 is 46.8 Å². The van der Waals surface area contributed by atoms with Gasteiger partial charge in [-0.25, -0.2) is 14.4 Å². The number of carboxylic acid groups (broad SMARTS) is 1. The van der Waals surface area contributed by atoms with Gasteiger partial charge in [-0.3, -0.25) is 20.4 Å². The summed E-state index contributed by atoms with van der Waals surface area (Å²) in [4.78, 5) is 50.1. The van der Waals surface area contributed by atoms with Crippen molar-refractivity contribution in [1.82, 2.24) is 0 Å². The van der Waals surface area contributed by atoms with Crippen LogP contribution in [-0.4, -0.2) is 68.4 Å². The molecule has 14 heteroatoms. The molecule has 42 heavy (non-hydrogen) atoms. The van der Waals surface area contributed by atoms with Gasteiger partial charge < -0.3 is 29.7 Å². The minimum absolute atomic E-state index is 0.00716. The molecule has 0 aromatic heterocycles. The van der Waals surface area contributed by atoms with Gasteiger partial charge in [0.1, 0.15) is 17.2 Å². The lowest BCUT2D eigenvalue weighted by Crippen LogP contribution is -2.25. The van der Waals surface area contributed by atoms with Gasteiger partial charge in [0.05, 0.1) is 49.9 Å². The predicted molar refractivity (Wildman–Crippen MR) is 151 cm³/mol. The molecule has 0 radical (unpaired) electrons. The molecule has 3 rings (SSSR count). The molecule has 0 bridgehead atoms. The number of nitrogens with one attached hydrogen (secondary N) is 3. The van der Waals surface area contributed by atoms with Crippen LogP contribution in [0.2, 0.25) is 0 Å². The third kappa shape index (κ3) is 6.37. The number of rotatable bonds is 8. The predicted octanol–water partition coefficient (Wildman–Crippen LogP) is 4.03. The summed E-state index contributed by atoms with van der Waals surface area (Å²) >= 11 is 0. The van der Waals surface area contributed by atoms with Crippen molar-refractivity contribution in [3.8, 4) is 28.7 Å². The Bertz CT molecular complexity index is 1650. The van der Waals surface area contributed by atoms with E-state index in [0.717, 1.165) is 19.2 Å². The number of carbonyl (C=O) groups excluding carboxylic acids is 3. The van der Waals surface area contributed by atoms with Crippen molar-refractivity contribution in [3.63, 3.8) is 0 Å². The quantitative estimate of drug-likeness (QED) is 0.243. The summed E-state index contributed by atoms with van der Waals surface area (Å²) in [6.45, 7) is 0. The fourth-order valence-electron chi connectivity index (χ4n) is 3.84. The molecule has 0 aliphatic heterocycles. The number of nitriles is 1. The fourth-order valence-corrected chi connectivity index (χ4v) is 3.84. The molecule has 5 N–H and O–H groups in total. The summed E-state index contributed by atoms with van der Waals surface area (Å²) in [6.07, 6.45) is -1.56. The molecular formula is C28H25N5O9. The number of aromatic carboxylic acids is 1. The van der Waals surface area contributed by atoms with Gasteiger partial charge in [-0.15, -0.1) is 0 Å². The number of methoxy groups -OCH3 is 3. The van der Waals surface area contributed by atoms with E-state index in [4.69, 9.17) is 20.1 Å². The zero-order valence-electron chi connectivity index (χ0n) is 22.8. The van der Waals surface area contributed by atoms with Crippen LogP contribution in [0, 0.1) is 16.7 Å². The summed E-state index contributed by atoms with van der Waals surface area (Å²) in [5.41, 5.74) is -0.768. The van der Waals surface area contributed by atoms with Crippen molar-refractivity contribution in [2.45, 2.75) is 0 Å². The Hall–Kier alpha value is -6.10. The maximum absolute atomic E-state index is 13.0. The van der Waals surface area contributed by atoms with Gasteiger partial charge in [0.2, 0.25) is 0 Å². The minimum Gasteiger partial charge on any atom is -0.507 e. The van der Waals surface area contributed by atoms with Crippen molar-refractivity contribution in [2.75, 3.05) is 43.9 Å². The highest BCUT2D eigenvalue weighted by Gasteiger charge is 2.24. The molecule has 0 spiro atoms. The highest BCUT2D eigenvalue weighted by Crippen LogP contribution is 2.41. The molecule has 0 saturated carbocycles. The van der Waals surface area contributed by atoms with Gasteiger partial charge in [0, 0.05) is 35.5 Å². The van der Waals surface area contributed by atoms with Crippen LogP contribution >= 0.6 is 0 Å². The first-order valence-corrected chi connectivity index (χ1v) is 11.8. The number of hydrogen-bond donors (Lipinski definition) is 5. The SMILES string of the molecule is COC(=O)Nc1cc(O)c(C(=N)C(=O)Nc2ccc(C#N)cc2C(=O)O)cc1-c1cc(N(C)C(=O)OC)ccc1OC. The summed E-state index contributed by atoms with van der Waals surface area (Å²) in [5, 5.41) is 42.6. The first-order valence-electron chi connectivity index (χ1n) is 11.8. The number of ether oxygens (including phenoxy) is 3. The number of benzene rings is 3. The van der Waals surface area contributed by atoms with Crippen LogP contribution in [0.4, 0.5) is 26.7 Å². The Morgan fingerprint density at radius 1 is 0.905 bits per heavy atom. The summed E-state index contributed by atoms with van der Waals surface area (Å²) in [5.74, 6) is -2.81. The summed E-state index contributed by atoms with van der Waals surface area (Å²) in [7, 11) is 5.18. The number of phenols is 1. The number of phenolic OH excluding ortho intramolecular Hbond substituents is 1. The Morgan fingerprint density at radius 2 is 1.62 bits per heavy atom. The zero-order chi connectivity index (χ0) is 31.1. The molecule has 0 saturated heterocycles. The number of hydrogen-bond acceptors (Lipinski definition) is 10. The summed E-state index contributed by atoms with van der Waals surface area (Å²) in [6, 6.07) is 12.3. The topological polar surface area (TPSA) is 211 Å². The van der Waals surface area contributed by atoms with E-state index in [9.17, 15) is 29.4 Å². The van der Waals surface area contributed by atoms with E-state index in [2.05, 4.69) is 15.4 Å². The molecule has 0 aliphatic rings. The lowest BCUT2D eigenvalue weighted by atomic mass is 9.96. The molecule has 0 unspecified atom stereocenters. The van der Waals surface area contributed by atoms with Crippen LogP contribution in [0.15, 0.2) is 48.5 Å². The van der Waals surface area contributed by atoms with E-state index in [1.165, 1.54) is 56.5 Å². The second-order valence-corrected chi connectivity index (χ2v) is 8.45. The average Bonchev–Trinajstić information content (AvgIpc) is 2.99. The molecule has 0 atom stereocenters. The van der Waals surface area contributed by atoms with E-state index < -0.39 is 35.5 Å². The highest BCUT2D eigenvalue weighted by atomic mass is 16.5. The molecule has 0 fully saturated rings. The third-order valence-electron chi connectivity index (χ3n) is 5.99. The molecule has 14 nitrogen and oxygen atoms in total. The molecule has 3 aromatic carbocycles. The molecule has 0 heterocycles. The molecule has 216 valence electrons. The number of aromatic hydroxyl groups is 1. The molecule has 3 amide bonds. The lowest BCUT2D eigenvalue weighted by molar-refractivity contribution is -0.110. The first-order chi connectivity index (χ1) is 19.9. The lowest BCUT2D eigenvalue weighted by Gasteiger charge is -2.20. The number of amides is 3. The van der Waals surface area contributed by atoms with Crippen molar-refractivity contribution < 1.29 is 43.6 Å². The second-order valence-electron chi connectivity index (χ2n) is 8.45. The van der Waals surface area contributed by atoms with Crippen molar-refractivity contribution in [3.05, 3.63) is 65.2 Å². The van der Waals surface area contributed by atoms with Crippen LogP contribution in [0.3, 0.4) is 0 Å². The normalized spacial score (nSPS) is 10.1. The maximum Gasteiger partial charge on any atom is 0.413 e. The maximum atomic E-state index is 13.0.